The van der Waals surface area contributed by atoms with Crippen molar-refractivity contribution >= 4 is 29.1 Å². The van der Waals surface area contributed by atoms with Gasteiger partial charge in [0.1, 0.15) is 5.82 Å². The zero-order valence-corrected chi connectivity index (χ0v) is 18.2. The van der Waals surface area contributed by atoms with Gasteiger partial charge in [0.05, 0.1) is 11.8 Å². The van der Waals surface area contributed by atoms with Crippen molar-refractivity contribution in [3.63, 3.8) is 0 Å². The van der Waals surface area contributed by atoms with E-state index in [4.69, 9.17) is 5.73 Å². The lowest BCUT2D eigenvalue weighted by Crippen LogP contribution is -2.29. The molecule has 6 N–H and O–H groups in total. The van der Waals surface area contributed by atoms with Gasteiger partial charge in [-0.15, -0.1) is 0 Å². The number of rotatable bonds is 7. The van der Waals surface area contributed by atoms with Gasteiger partial charge in [-0.25, -0.2) is 9.97 Å². The van der Waals surface area contributed by atoms with E-state index in [-0.39, 0.29) is 29.6 Å². The highest BCUT2D eigenvalue weighted by molar-refractivity contribution is 5.97. The number of aliphatic hydroxyl groups excluding tert-OH is 1. The van der Waals surface area contributed by atoms with Gasteiger partial charge in [0.25, 0.3) is 11.8 Å². The Labute approximate surface area is 181 Å². The summed E-state index contributed by atoms with van der Waals surface area (Å²) in [7, 11) is 1.58. The van der Waals surface area contributed by atoms with Gasteiger partial charge in [0.2, 0.25) is 0 Å². The molecule has 0 bridgehead atoms. The average Bonchev–Trinajstić information content (AvgIpc) is 2.76. The maximum Gasteiger partial charge on any atom is 0.271 e. The SMILES string of the molecule is CCc1nc(C(N)=O)c(Nc2ccc(C(=O)NC)cc2C)nc1NC1CCC(O)CC1. The molecule has 0 aliphatic heterocycles. The second-order valence-corrected chi connectivity index (χ2v) is 7.82. The van der Waals surface area contributed by atoms with E-state index < -0.39 is 5.91 Å². The maximum atomic E-state index is 12.1. The molecular formula is C22H30N6O3. The predicted molar refractivity (Wildman–Crippen MR) is 120 cm³/mol. The van der Waals surface area contributed by atoms with Crippen molar-refractivity contribution in [2.75, 3.05) is 17.7 Å². The van der Waals surface area contributed by atoms with E-state index in [1.165, 1.54) is 0 Å². The van der Waals surface area contributed by atoms with Gasteiger partial charge < -0.3 is 26.8 Å². The lowest BCUT2D eigenvalue weighted by Gasteiger charge is -2.27. The smallest absolute Gasteiger partial charge is 0.271 e. The summed E-state index contributed by atoms with van der Waals surface area (Å²) in [5.74, 6) is 0.0233. The van der Waals surface area contributed by atoms with Crippen molar-refractivity contribution in [1.29, 1.82) is 0 Å². The van der Waals surface area contributed by atoms with Gasteiger partial charge in [0.15, 0.2) is 11.5 Å². The number of carbonyl (C=O) groups excluding carboxylic acids is 2. The summed E-state index contributed by atoms with van der Waals surface area (Å²) in [4.78, 5) is 33.1. The minimum atomic E-state index is -0.670. The summed E-state index contributed by atoms with van der Waals surface area (Å²) in [6, 6.07) is 5.39. The Balaban J connectivity index is 1.93. The third-order valence-corrected chi connectivity index (χ3v) is 5.54. The van der Waals surface area contributed by atoms with Gasteiger partial charge in [-0.2, -0.15) is 0 Å². The van der Waals surface area contributed by atoms with Crippen LogP contribution in [0.25, 0.3) is 0 Å². The van der Waals surface area contributed by atoms with Crippen molar-refractivity contribution in [3.05, 3.63) is 40.7 Å². The summed E-state index contributed by atoms with van der Waals surface area (Å²) in [5, 5.41) is 18.9. The van der Waals surface area contributed by atoms with Gasteiger partial charge >= 0.3 is 0 Å². The number of anilines is 3. The number of nitrogens with one attached hydrogen (secondary N) is 3. The summed E-state index contributed by atoms with van der Waals surface area (Å²) in [6.45, 7) is 3.80. The fourth-order valence-electron chi connectivity index (χ4n) is 3.72. The van der Waals surface area contributed by atoms with Crippen LogP contribution < -0.4 is 21.7 Å². The van der Waals surface area contributed by atoms with Crippen LogP contribution in [0.3, 0.4) is 0 Å². The van der Waals surface area contributed by atoms with Gasteiger partial charge in [0, 0.05) is 24.3 Å². The van der Waals surface area contributed by atoms with Crippen LogP contribution in [-0.4, -0.2) is 46.1 Å². The number of nitrogens with zero attached hydrogens (tertiary/aromatic N) is 2. The number of nitrogens with two attached hydrogens (primary N) is 1. The molecule has 1 saturated carbocycles. The molecule has 31 heavy (non-hydrogen) atoms. The van der Waals surface area contributed by atoms with Crippen LogP contribution in [0.15, 0.2) is 18.2 Å². The Morgan fingerprint density at radius 1 is 1.16 bits per heavy atom. The quantitative estimate of drug-likeness (QED) is 0.457. The molecule has 1 fully saturated rings. The van der Waals surface area contributed by atoms with E-state index in [0.29, 0.717) is 29.2 Å². The van der Waals surface area contributed by atoms with Crippen molar-refractivity contribution in [2.45, 2.75) is 58.1 Å². The number of primary amides is 1. The van der Waals surface area contributed by atoms with E-state index in [1.807, 2.05) is 13.8 Å². The molecule has 1 aromatic carbocycles. The normalized spacial score (nSPS) is 18.3. The molecule has 1 aliphatic carbocycles. The molecular weight excluding hydrogens is 396 g/mol. The van der Waals surface area contributed by atoms with Crippen LogP contribution in [0.1, 0.15) is 64.7 Å². The Kier molecular flexibility index (Phi) is 7.06. The summed E-state index contributed by atoms with van der Waals surface area (Å²) in [5.41, 5.74) is 8.35. The number of hydrogen-bond donors (Lipinski definition) is 5. The molecule has 0 radical (unpaired) electrons. The van der Waals surface area contributed by atoms with Crippen LogP contribution in [0.5, 0.6) is 0 Å². The molecule has 9 nitrogen and oxygen atoms in total. The lowest BCUT2D eigenvalue weighted by atomic mass is 9.93. The number of hydrogen-bond acceptors (Lipinski definition) is 7. The summed E-state index contributed by atoms with van der Waals surface area (Å²) < 4.78 is 0. The van der Waals surface area contributed by atoms with Crippen LogP contribution in [-0.2, 0) is 6.42 Å². The highest BCUT2D eigenvalue weighted by atomic mass is 16.3. The number of amides is 2. The van der Waals surface area contributed by atoms with E-state index in [2.05, 4.69) is 25.9 Å². The Morgan fingerprint density at radius 3 is 2.45 bits per heavy atom. The lowest BCUT2D eigenvalue weighted by molar-refractivity contribution is 0.0961. The predicted octanol–water partition coefficient (Wildman–Crippen LogP) is 2.26. The molecule has 1 aliphatic rings. The first-order valence-electron chi connectivity index (χ1n) is 10.6. The second kappa shape index (κ2) is 9.74. The maximum absolute atomic E-state index is 12.1. The Morgan fingerprint density at radius 2 is 1.87 bits per heavy atom. The zero-order chi connectivity index (χ0) is 22.5. The second-order valence-electron chi connectivity index (χ2n) is 7.82. The minimum Gasteiger partial charge on any atom is -0.393 e. The average molecular weight is 427 g/mol. The molecule has 2 aromatic rings. The van der Waals surface area contributed by atoms with E-state index in [0.717, 1.165) is 31.2 Å². The fraction of sp³-hybridized carbons (Fsp3) is 0.455. The first-order chi connectivity index (χ1) is 14.8. The summed E-state index contributed by atoms with van der Waals surface area (Å²) >= 11 is 0. The number of aliphatic hydroxyl groups is 1. The van der Waals surface area contributed by atoms with Crippen LogP contribution in [0.4, 0.5) is 17.3 Å². The van der Waals surface area contributed by atoms with E-state index in [1.54, 1.807) is 25.2 Å². The van der Waals surface area contributed by atoms with E-state index >= 15 is 0 Å². The highest BCUT2D eigenvalue weighted by Gasteiger charge is 2.23. The standard InChI is InChI=1S/C22H30N6O3/c1-4-16-20(25-14-6-8-15(29)9-7-14)28-21(18(26-16)19(23)30)27-17-10-5-13(11-12(17)2)22(31)24-3/h5,10-11,14-15,29H,4,6-9H2,1-3H3,(H2,23,30)(H,24,31)(H2,25,27,28). The molecule has 3 rings (SSSR count). The molecule has 0 atom stereocenters. The monoisotopic (exact) mass is 426 g/mol. The Hall–Kier alpha value is -3.20. The first-order valence-corrected chi connectivity index (χ1v) is 10.6. The Bertz CT molecular complexity index is 970. The third-order valence-electron chi connectivity index (χ3n) is 5.54. The van der Waals surface area contributed by atoms with Gasteiger partial charge in [-0.05, 0) is 62.8 Å². The van der Waals surface area contributed by atoms with Crippen LogP contribution in [0.2, 0.25) is 0 Å². The largest absolute Gasteiger partial charge is 0.393 e. The molecule has 0 unspecified atom stereocenters. The number of aryl methyl sites for hydroxylation is 2. The highest BCUT2D eigenvalue weighted by Crippen LogP contribution is 2.27. The third kappa shape index (κ3) is 5.29. The van der Waals surface area contributed by atoms with Crippen LogP contribution >= 0.6 is 0 Å². The molecule has 2 amide bonds. The zero-order valence-electron chi connectivity index (χ0n) is 18.2. The van der Waals surface area contributed by atoms with Crippen molar-refractivity contribution < 1.29 is 14.7 Å². The number of carbonyl (C=O) groups is 2. The van der Waals surface area contributed by atoms with Crippen molar-refractivity contribution in [2.24, 2.45) is 5.73 Å². The first kappa shape index (κ1) is 22.5. The molecule has 0 spiro atoms. The summed E-state index contributed by atoms with van der Waals surface area (Å²) in [6.07, 6.45) is 3.51. The van der Waals surface area contributed by atoms with Crippen molar-refractivity contribution in [1.82, 2.24) is 15.3 Å². The molecule has 166 valence electrons. The van der Waals surface area contributed by atoms with Crippen LogP contribution in [0, 0.1) is 6.92 Å². The van der Waals surface area contributed by atoms with Gasteiger partial charge in [-0.3, -0.25) is 9.59 Å². The molecule has 0 saturated heterocycles. The molecule has 1 heterocycles. The molecule has 9 heteroatoms. The minimum absolute atomic E-state index is 0.0660. The molecule has 1 aromatic heterocycles. The fourth-order valence-corrected chi connectivity index (χ4v) is 3.72. The topological polar surface area (TPSA) is 142 Å². The van der Waals surface area contributed by atoms with Crippen molar-refractivity contribution in [3.8, 4) is 0 Å². The van der Waals surface area contributed by atoms with Gasteiger partial charge in [-0.1, -0.05) is 6.92 Å². The number of aromatic nitrogens is 2. The number of benzene rings is 1. The van der Waals surface area contributed by atoms with E-state index in [9.17, 15) is 14.7 Å².